The summed E-state index contributed by atoms with van der Waals surface area (Å²) in [5, 5.41) is 0. The van der Waals surface area contributed by atoms with Gasteiger partial charge in [0.15, 0.2) is 0 Å². The highest BCUT2D eigenvalue weighted by atomic mass is 16.2. The summed E-state index contributed by atoms with van der Waals surface area (Å²) < 4.78 is 2.00. The molecule has 1 aromatic carbocycles. The lowest BCUT2D eigenvalue weighted by Gasteiger charge is -2.19. The summed E-state index contributed by atoms with van der Waals surface area (Å²) in [6.45, 7) is 6.38. The van der Waals surface area contributed by atoms with Crippen molar-refractivity contribution in [2.24, 2.45) is 0 Å². The molecule has 0 saturated heterocycles. The zero-order chi connectivity index (χ0) is 15.1. The molecule has 21 heavy (non-hydrogen) atoms. The third-order valence-electron chi connectivity index (χ3n) is 3.75. The first-order valence-corrected chi connectivity index (χ1v) is 6.96. The lowest BCUT2D eigenvalue weighted by molar-refractivity contribution is -0.114. The Bertz CT molecular complexity index is 731. The van der Waals surface area contributed by atoms with Gasteiger partial charge in [0.05, 0.1) is 29.8 Å². The Kier molecular flexibility index (Phi) is 3.12. The minimum Gasteiger partial charge on any atom is -0.330 e. The number of aromatic nitrogens is 2. The molecule has 2 heterocycles. The van der Waals surface area contributed by atoms with Crippen LogP contribution in [0.4, 0.5) is 5.69 Å². The lowest BCUT2D eigenvalue weighted by atomic mass is 10.1. The van der Waals surface area contributed by atoms with Crippen LogP contribution in [0, 0.1) is 6.92 Å². The zero-order valence-electron chi connectivity index (χ0n) is 12.3. The number of fused-ring (bicyclic) bond motifs is 1. The van der Waals surface area contributed by atoms with E-state index in [0.717, 1.165) is 11.3 Å². The number of rotatable bonds is 3. The van der Waals surface area contributed by atoms with Crippen LogP contribution in [0.5, 0.6) is 0 Å². The van der Waals surface area contributed by atoms with Crippen LogP contribution in [0.3, 0.4) is 0 Å². The van der Waals surface area contributed by atoms with Crippen molar-refractivity contribution in [1.82, 2.24) is 9.55 Å². The van der Waals surface area contributed by atoms with Crippen LogP contribution in [-0.4, -0.2) is 21.2 Å². The number of carbonyl (C=O) groups is 2. The van der Waals surface area contributed by atoms with Gasteiger partial charge in [-0.2, -0.15) is 0 Å². The number of benzene rings is 1. The molecule has 1 aromatic heterocycles. The first-order valence-electron chi connectivity index (χ1n) is 6.96. The summed E-state index contributed by atoms with van der Waals surface area (Å²) in [7, 11) is 0. The van der Waals surface area contributed by atoms with Gasteiger partial charge in [0, 0.05) is 12.2 Å². The molecule has 0 radical (unpaired) electrons. The molecular weight excluding hydrogens is 266 g/mol. The molecular formula is C16H17N3O2. The van der Waals surface area contributed by atoms with Crippen LogP contribution >= 0.6 is 0 Å². The summed E-state index contributed by atoms with van der Waals surface area (Å²) in [6.07, 6.45) is 3.49. The van der Waals surface area contributed by atoms with Crippen molar-refractivity contribution >= 4 is 17.4 Å². The van der Waals surface area contributed by atoms with Gasteiger partial charge in [-0.05, 0) is 32.9 Å². The second-order valence-electron chi connectivity index (χ2n) is 5.63. The summed E-state index contributed by atoms with van der Waals surface area (Å²) >= 11 is 0. The van der Waals surface area contributed by atoms with Crippen LogP contribution in [0.25, 0.3) is 0 Å². The number of aryl methyl sites for hydroxylation is 1. The number of anilines is 1. The molecule has 0 unspecified atom stereocenters. The van der Waals surface area contributed by atoms with Gasteiger partial charge >= 0.3 is 0 Å². The third kappa shape index (κ3) is 2.14. The minimum absolute atomic E-state index is 0.258. The van der Waals surface area contributed by atoms with Gasteiger partial charge in [0.25, 0.3) is 11.7 Å². The van der Waals surface area contributed by atoms with Gasteiger partial charge in [-0.15, -0.1) is 0 Å². The maximum Gasteiger partial charge on any atom is 0.299 e. The van der Waals surface area contributed by atoms with Crippen LogP contribution < -0.4 is 4.90 Å². The molecule has 0 bridgehead atoms. The van der Waals surface area contributed by atoms with E-state index < -0.39 is 11.7 Å². The Morgan fingerprint density at radius 2 is 2.00 bits per heavy atom. The smallest absolute Gasteiger partial charge is 0.299 e. The summed E-state index contributed by atoms with van der Waals surface area (Å²) in [5.41, 5.74) is 3.08. The van der Waals surface area contributed by atoms with E-state index in [1.54, 1.807) is 18.6 Å². The van der Waals surface area contributed by atoms with Gasteiger partial charge < -0.3 is 4.57 Å². The second-order valence-corrected chi connectivity index (χ2v) is 5.63. The number of carbonyl (C=O) groups excluding carboxylic acids is 2. The van der Waals surface area contributed by atoms with E-state index in [1.807, 2.05) is 23.6 Å². The number of hydrogen-bond acceptors (Lipinski definition) is 3. The number of amides is 1. The fourth-order valence-corrected chi connectivity index (χ4v) is 2.65. The highest BCUT2D eigenvalue weighted by molar-refractivity contribution is 6.52. The monoisotopic (exact) mass is 283 g/mol. The van der Waals surface area contributed by atoms with Crippen LogP contribution in [0.1, 0.15) is 41.5 Å². The van der Waals surface area contributed by atoms with E-state index in [-0.39, 0.29) is 6.04 Å². The van der Waals surface area contributed by atoms with Crippen molar-refractivity contribution < 1.29 is 9.59 Å². The standard InChI is InChI=1S/C16H17N3O2/c1-10(2)19-9-17-7-12(19)8-18-14-5-4-11(3)6-13(14)15(20)16(18)21/h4-7,9-10H,8H2,1-3H3. The van der Waals surface area contributed by atoms with Gasteiger partial charge in [0.2, 0.25) is 0 Å². The van der Waals surface area contributed by atoms with Gasteiger partial charge in [-0.25, -0.2) is 4.98 Å². The topological polar surface area (TPSA) is 55.2 Å². The average Bonchev–Trinajstić information content (AvgIpc) is 2.99. The molecule has 0 fully saturated rings. The van der Waals surface area contributed by atoms with Crippen molar-refractivity contribution in [2.75, 3.05) is 4.90 Å². The zero-order valence-corrected chi connectivity index (χ0v) is 12.3. The molecule has 0 aliphatic carbocycles. The van der Waals surface area contributed by atoms with Crippen molar-refractivity contribution in [1.29, 1.82) is 0 Å². The molecule has 1 amide bonds. The molecule has 0 N–H and O–H groups in total. The predicted octanol–water partition coefficient (Wildman–Crippen LogP) is 2.50. The van der Waals surface area contributed by atoms with E-state index in [2.05, 4.69) is 18.8 Å². The number of Topliss-reactive ketones (excluding diaryl/α,β-unsaturated/α-hetero) is 1. The Hall–Kier alpha value is -2.43. The number of ketones is 1. The molecule has 1 aliphatic rings. The maximum atomic E-state index is 12.2. The minimum atomic E-state index is -0.466. The fraction of sp³-hybridized carbons (Fsp3) is 0.312. The van der Waals surface area contributed by atoms with Crippen molar-refractivity contribution in [3.8, 4) is 0 Å². The molecule has 3 rings (SSSR count). The van der Waals surface area contributed by atoms with Crippen LogP contribution in [0.2, 0.25) is 0 Å². The largest absolute Gasteiger partial charge is 0.330 e. The molecule has 1 aliphatic heterocycles. The number of nitrogens with zero attached hydrogens (tertiary/aromatic N) is 3. The first kappa shape index (κ1) is 13.5. The van der Waals surface area contributed by atoms with E-state index in [0.29, 0.717) is 17.8 Å². The van der Waals surface area contributed by atoms with Gasteiger partial charge in [-0.3, -0.25) is 14.5 Å². The maximum absolute atomic E-state index is 12.2. The van der Waals surface area contributed by atoms with Crippen molar-refractivity contribution in [3.05, 3.63) is 47.5 Å². The van der Waals surface area contributed by atoms with E-state index in [9.17, 15) is 9.59 Å². The summed E-state index contributed by atoms with van der Waals surface area (Å²) in [4.78, 5) is 30.0. The van der Waals surface area contributed by atoms with Crippen LogP contribution in [-0.2, 0) is 11.3 Å². The first-order chi connectivity index (χ1) is 9.99. The Labute approximate surface area is 123 Å². The Balaban J connectivity index is 1.99. The third-order valence-corrected chi connectivity index (χ3v) is 3.75. The summed E-state index contributed by atoms with van der Waals surface area (Å²) in [5.74, 6) is -0.892. The molecule has 0 atom stereocenters. The quantitative estimate of drug-likeness (QED) is 0.813. The number of hydrogen-bond donors (Lipinski definition) is 0. The average molecular weight is 283 g/mol. The van der Waals surface area contributed by atoms with E-state index in [1.165, 1.54) is 4.90 Å². The normalized spacial score (nSPS) is 14.2. The summed E-state index contributed by atoms with van der Waals surface area (Å²) in [6, 6.07) is 5.78. The fourth-order valence-electron chi connectivity index (χ4n) is 2.65. The molecule has 108 valence electrons. The Morgan fingerprint density at radius 3 is 2.71 bits per heavy atom. The van der Waals surface area contributed by atoms with Crippen molar-refractivity contribution in [3.63, 3.8) is 0 Å². The molecule has 5 nitrogen and oxygen atoms in total. The highest BCUT2D eigenvalue weighted by Crippen LogP contribution is 2.31. The Morgan fingerprint density at radius 1 is 1.24 bits per heavy atom. The molecule has 0 spiro atoms. The molecule has 2 aromatic rings. The molecule has 0 saturated carbocycles. The van der Waals surface area contributed by atoms with E-state index >= 15 is 0 Å². The highest BCUT2D eigenvalue weighted by Gasteiger charge is 2.36. The van der Waals surface area contributed by atoms with Crippen LogP contribution in [0.15, 0.2) is 30.7 Å². The SMILES string of the molecule is Cc1ccc2c(c1)C(=O)C(=O)N2Cc1cncn1C(C)C. The predicted molar refractivity (Wildman–Crippen MR) is 79.3 cm³/mol. The second kappa shape index (κ2) is 4.84. The van der Waals surface area contributed by atoms with Gasteiger partial charge in [-0.1, -0.05) is 11.6 Å². The van der Waals surface area contributed by atoms with E-state index in [4.69, 9.17) is 0 Å². The lowest BCUT2D eigenvalue weighted by Crippen LogP contribution is -2.30. The van der Waals surface area contributed by atoms with Crippen molar-refractivity contribution in [2.45, 2.75) is 33.4 Å². The molecule has 5 heteroatoms. The number of imidazole rings is 1. The van der Waals surface area contributed by atoms with Gasteiger partial charge in [0.1, 0.15) is 0 Å².